The average Bonchev–Trinajstić information content (AvgIpc) is 2.76. The first kappa shape index (κ1) is 24.1. The number of nitrogens with zero attached hydrogens (tertiary/aromatic N) is 2. The van der Waals surface area contributed by atoms with Crippen LogP contribution in [0.25, 0.3) is 0 Å². The molecule has 3 aromatic rings. The van der Waals surface area contributed by atoms with E-state index < -0.39 is 10.0 Å². The molecular formula is C23H26N4O5S. The molecule has 33 heavy (non-hydrogen) atoms. The van der Waals surface area contributed by atoms with E-state index in [-0.39, 0.29) is 16.8 Å². The van der Waals surface area contributed by atoms with Gasteiger partial charge in [-0.25, -0.2) is 23.1 Å². The molecule has 0 aliphatic heterocycles. The molecule has 0 saturated heterocycles. The minimum Gasteiger partial charge on any atom is -0.490 e. The van der Waals surface area contributed by atoms with Gasteiger partial charge in [0.1, 0.15) is 12.4 Å². The summed E-state index contributed by atoms with van der Waals surface area (Å²) in [5, 5.41) is 2.75. The Hall–Kier alpha value is -3.50. The minimum atomic E-state index is -3.89. The zero-order valence-electron chi connectivity index (χ0n) is 18.7. The monoisotopic (exact) mass is 470 g/mol. The molecule has 2 aromatic carbocycles. The second-order valence-electron chi connectivity index (χ2n) is 7.10. The van der Waals surface area contributed by atoms with Gasteiger partial charge in [-0.3, -0.25) is 4.79 Å². The lowest BCUT2D eigenvalue weighted by atomic mass is 10.2. The van der Waals surface area contributed by atoms with E-state index in [1.165, 1.54) is 24.3 Å². The Morgan fingerprint density at radius 3 is 2.30 bits per heavy atom. The van der Waals surface area contributed by atoms with Gasteiger partial charge in [0.15, 0.2) is 0 Å². The first-order valence-electron chi connectivity index (χ1n) is 10.3. The van der Waals surface area contributed by atoms with Crippen LogP contribution in [0.2, 0.25) is 0 Å². The van der Waals surface area contributed by atoms with Gasteiger partial charge in [-0.15, -0.1) is 0 Å². The highest BCUT2D eigenvalue weighted by Crippen LogP contribution is 2.21. The summed E-state index contributed by atoms with van der Waals surface area (Å²) in [5.74, 6) is 0.0664. The lowest BCUT2D eigenvalue weighted by Gasteiger charge is -2.12. The minimum absolute atomic E-state index is 0.00539. The van der Waals surface area contributed by atoms with Gasteiger partial charge < -0.3 is 14.8 Å². The molecule has 0 saturated carbocycles. The first-order valence-corrected chi connectivity index (χ1v) is 11.8. The Bertz CT molecular complexity index is 1190. The number of amides is 1. The summed E-state index contributed by atoms with van der Waals surface area (Å²) in [7, 11) is -3.89. The Morgan fingerprint density at radius 1 is 0.970 bits per heavy atom. The molecule has 1 amide bonds. The summed E-state index contributed by atoms with van der Waals surface area (Å²) < 4.78 is 38.6. The quantitative estimate of drug-likeness (QED) is 0.435. The standard InChI is InChI=1S/C23H26N4O5S/c1-4-31-13-14-32-21-8-6-5-7-20(21)22(28)26-18-9-11-19(12-10-18)33(29,30)27-23-24-16(2)15-17(3)25-23/h5-12,15H,4,13-14H2,1-3H3,(H,26,28)(H,24,25,27). The third kappa shape index (κ3) is 6.74. The van der Waals surface area contributed by atoms with Crippen LogP contribution in [0, 0.1) is 13.8 Å². The van der Waals surface area contributed by atoms with E-state index in [1.807, 2.05) is 6.92 Å². The highest BCUT2D eigenvalue weighted by atomic mass is 32.2. The van der Waals surface area contributed by atoms with Crippen LogP contribution in [0.15, 0.2) is 59.5 Å². The molecule has 10 heteroatoms. The van der Waals surface area contributed by atoms with Gasteiger partial charge >= 0.3 is 0 Å². The van der Waals surface area contributed by atoms with E-state index >= 15 is 0 Å². The number of hydrogen-bond acceptors (Lipinski definition) is 7. The van der Waals surface area contributed by atoms with Crippen molar-refractivity contribution >= 4 is 27.6 Å². The predicted molar refractivity (Wildman–Crippen MR) is 125 cm³/mol. The van der Waals surface area contributed by atoms with Gasteiger partial charge in [0.2, 0.25) is 5.95 Å². The molecule has 0 atom stereocenters. The van der Waals surface area contributed by atoms with Crippen LogP contribution in [0.3, 0.4) is 0 Å². The van der Waals surface area contributed by atoms with Crippen molar-refractivity contribution in [3.63, 3.8) is 0 Å². The van der Waals surface area contributed by atoms with Crippen LogP contribution < -0.4 is 14.8 Å². The van der Waals surface area contributed by atoms with E-state index in [0.717, 1.165) is 0 Å². The second kappa shape index (κ2) is 10.9. The number of aryl methyl sites for hydroxylation is 2. The number of hydrogen-bond donors (Lipinski definition) is 2. The number of para-hydroxylation sites is 1. The van der Waals surface area contributed by atoms with Crippen molar-refractivity contribution in [3.8, 4) is 5.75 Å². The number of aromatic nitrogens is 2. The fraction of sp³-hybridized carbons (Fsp3) is 0.261. The van der Waals surface area contributed by atoms with Gasteiger partial charge in [-0.2, -0.15) is 0 Å². The zero-order chi connectivity index (χ0) is 23.8. The predicted octanol–water partition coefficient (Wildman–Crippen LogP) is 3.56. The van der Waals surface area contributed by atoms with Crippen LogP contribution in [-0.4, -0.2) is 44.1 Å². The zero-order valence-corrected chi connectivity index (χ0v) is 19.5. The number of ether oxygens (including phenoxy) is 2. The van der Waals surface area contributed by atoms with E-state index in [2.05, 4.69) is 20.0 Å². The van der Waals surface area contributed by atoms with Crippen LogP contribution in [0.5, 0.6) is 5.75 Å². The Kier molecular flexibility index (Phi) is 7.96. The molecule has 0 aliphatic carbocycles. The number of rotatable bonds is 10. The highest BCUT2D eigenvalue weighted by molar-refractivity contribution is 7.92. The van der Waals surface area contributed by atoms with Crippen molar-refractivity contribution in [2.45, 2.75) is 25.7 Å². The van der Waals surface area contributed by atoms with Crippen molar-refractivity contribution in [1.82, 2.24) is 9.97 Å². The van der Waals surface area contributed by atoms with E-state index in [9.17, 15) is 13.2 Å². The maximum absolute atomic E-state index is 12.7. The SMILES string of the molecule is CCOCCOc1ccccc1C(=O)Nc1ccc(S(=O)(=O)Nc2nc(C)cc(C)n2)cc1. The molecule has 0 aliphatic rings. The number of nitrogens with one attached hydrogen (secondary N) is 2. The molecule has 2 N–H and O–H groups in total. The largest absolute Gasteiger partial charge is 0.490 e. The van der Waals surface area contributed by atoms with Crippen molar-refractivity contribution < 1.29 is 22.7 Å². The fourth-order valence-electron chi connectivity index (χ4n) is 3.00. The molecule has 0 spiro atoms. The summed E-state index contributed by atoms with van der Waals surface area (Å²) in [6, 6.07) is 14.4. The van der Waals surface area contributed by atoms with Gasteiger partial charge in [-0.05, 0) is 63.2 Å². The van der Waals surface area contributed by atoms with Crippen molar-refractivity contribution in [3.05, 3.63) is 71.5 Å². The molecule has 0 fully saturated rings. The molecule has 0 bridgehead atoms. The summed E-state index contributed by atoms with van der Waals surface area (Å²) in [4.78, 5) is 21.0. The van der Waals surface area contributed by atoms with Gasteiger partial charge in [-0.1, -0.05) is 12.1 Å². The normalized spacial score (nSPS) is 11.1. The molecular weight excluding hydrogens is 444 g/mol. The molecule has 3 rings (SSSR count). The lowest BCUT2D eigenvalue weighted by Crippen LogP contribution is -2.17. The highest BCUT2D eigenvalue weighted by Gasteiger charge is 2.17. The number of benzene rings is 2. The second-order valence-corrected chi connectivity index (χ2v) is 8.78. The Balaban J connectivity index is 1.69. The molecule has 0 unspecified atom stereocenters. The van der Waals surface area contributed by atoms with E-state index in [4.69, 9.17) is 9.47 Å². The van der Waals surface area contributed by atoms with E-state index in [0.29, 0.717) is 48.2 Å². The van der Waals surface area contributed by atoms with Crippen molar-refractivity contribution in [1.29, 1.82) is 0 Å². The maximum atomic E-state index is 12.7. The fourth-order valence-corrected chi connectivity index (χ4v) is 3.95. The molecule has 0 radical (unpaired) electrons. The first-order chi connectivity index (χ1) is 15.8. The molecule has 1 heterocycles. The number of carbonyl (C=O) groups is 1. The topological polar surface area (TPSA) is 120 Å². The third-order valence-electron chi connectivity index (χ3n) is 4.45. The molecule has 174 valence electrons. The van der Waals surface area contributed by atoms with Crippen LogP contribution in [0.1, 0.15) is 28.7 Å². The number of anilines is 2. The van der Waals surface area contributed by atoms with Gasteiger partial charge in [0.05, 0.1) is 17.1 Å². The summed E-state index contributed by atoms with van der Waals surface area (Å²) >= 11 is 0. The maximum Gasteiger partial charge on any atom is 0.264 e. The van der Waals surface area contributed by atoms with Gasteiger partial charge in [0, 0.05) is 23.7 Å². The lowest BCUT2D eigenvalue weighted by molar-refractivity contribution is 0.0998. The van der Waals surface area contributed by atoms with Crippen LogP contribution >= 0.6 is 0 Å². The van der Waals surface area contributed by atoms with Crippen LogP contribution in [0.4, 0.5) is 11.6 Å². The average molecular weight is 471 g/mol. The number of sulfonamides is 1. The Morgan fingerprint density at radius 2 is 1.64 bits per heavy atom. The molecule has 1 aromatic heterocycles. The summed E-state index contributed by atoms with van der Waals surface area (Å²) in [5.41, 5.74) is 2.10. The van der Waals surface area contributed by atoms with Crippen LogP contribution in [-0.2, 0) is 14.8 Å². The third-order valence-corrected chi connectivity index (χ3v) is 5.80. The Labute approximate surface area is 193 Å². The summed E-state index contributed by atoms with van der Waals surface area (Å²) in [6.45, 7) is 6.74. The van der Waals surface area contributed by atoms with Crippen molar-refractivity contribution in [2.75, 3.05) is 29.9 Å². The van der Waals surface area contributed by atoms with E-state index in [1.54, 1.807) is 44.2 Å². The smallest absolute Gasteiger partial charge is 0.264 e. The van der Waals surface area contributed by atoms with Crippen molar-refractivity contribution in [2.24, 2.45) is 0 Å². The number of carbonyl (C=O) groups excluding carboxylic acids is 1. The van der Waals surface area contributed by atoms with Gasteiger partial charge in [0.25, 0.3) is 15.9 Å². The summed E-state index contributed by atoms with van der Waals surface area (Å²) in [6.07, 6.45) is 0. The molecule has 9 nitrogen and oxygen atoms in total.